The molecule has 154 valence electrons. The zero-order valence-electron chi connectivity index (χ0n) is 16.8. The van der Waals surface area contributed by atoms with Gasteiger partial charge in [-0.05, 0) is 12.8 Å². The monoisotopic (exact) mass is 402 g/mol. The van der Waals surface area contributed by atoms with Gasteiger partial charge in [-0.1, -0.05) is 104 Å². The van der Waals surface area contributed by atoms with E-state index in [0.717, 1.165) is 25.7 Å². The first-order valence-electron chi connectivity index (χ1n) is 10.7. The number of phosphoric ester groups is 1. The Kier molecular flexibility index (Phi) is 25.3. The molecule has 6 heteroatoms. The van der Waals surface area contributed by atoms with E-state index in [-0.39, 0.29) is 29.6 Å². The number of hydrogen-bond donors (Lipinski definition) is 1. The third kappa shape index (κ3) is 23.1. The van der Waals surface area contributed by atoms with Gasteiger partial charge in [0, 0.05) is 0 Å². The van der Waals surface area contributed by atoms with Gasteiger partial charge in [0.05, 0.1) is 13.2 Å². The molecule has 0 fully saturated rings. The molecule has 0 aromatic rings. The fourth-order valence-corrected chi connectivity index (χ4v) is 3.66. The number of hydrogen-bond acceptors (Lipinski definition) is 3. The molecule has 4 nitrogen and oxygen atoms in total. The van der Waals surface area contributed by atoms with Crippen LogP contribution in [0.2, 0.25) is 0 Å². The van der Waals surface area contributed by atoms with Crippen molar-refractivity contribution in [3.05, 3.63) is 0 Å². The van der Waals surface area contributed by atoms with Gasteiger partial charge in [0.2, 0.25) is 0 Å². The summed E-state index contributed by atoms with van der Waals surface area (Å²) in [7, 11) is -3.83. The van der Waals surface area contributed by atoms with E-state index in [1.54, 1.807) is 0 Å². The molecule has 26 heavy (non-hydrogen) atoms. The van der Waals surface area contributed by atoms with Crippen molar-refractivity contribution in [1.29, 1.82) is 0 Å². The molecule has 1 N–H and O–H groups in total. The Morgan fingerprint density at radius 3 is 1.15 bits per heavy atom. The summed E-state index contributed by atoms with van der Waals surface area (Å²) in [6.45, 7) is 5.09. The first-order chi connectivity index (χ1) is 12.1. The Hall–Kier alpha value is 1.11. The number of phosphoric acid groups is 1. The summed E-state index contributed by atoms with van der Waals surface area (Å²) in [4.78, 5) is 9.63. The first kappa shape index (κ1) is 29.3. The van der Waals surface area contributed by atoms with Crippen molar-refractivity contribution in [2.75, 3.05) is 13.2 Å². The van der Waals surface area contributed by atoms with Crippen molar-refractivity contribution in [3.8, 4) is 0 Å². The average Bonchev–Trinajstić information content (AvgIpc) is 2.59. The van der Waals surface area contributed by atoms with E-state index in [1.165, 1.54) is 77.0 Å². The molecular weight excluding hydrogens is 358 g/mol. The maximum absolute atomic E-state index is 11.7. The molecule has 0 aliphatic rings. The van der Waals surface area contributed by atoms with Crippen molar-refractivity contribution >= 4 is 37.4 Å². The summed E-state index contributed by atoms with van der Waals surface area (Å²) < 4.78 is 21.8. The van der Waals surface area contributed by atoms with Gasteiger partial charge in [-0.15, -0.1) is 0 Å². The van der Waals surface area contributed by atoms with E-state index in [2.05, 4.69) is 13.8 Å². The van der Waals surface area contributed by atoms with E-state index in [0.29, 0.717) is 13.2 Å². The zero-order valence-corrected chi connectivity index (χ0v) is 17.7. The average molecular weight is 403 g/mol. The summed E-state index contributed by atoms with van der Waals surface area (Å²) >= 11 is 0. The number of unbranched alkanes of at least 4 members (excludes halogenated alkanes) is 14. The summed E-state index contributed by atoms with van der Waals surface area (Å²) in [5, 5.41) is 0. The van der Waals surface area contributed by atoms with Crippen LogP contribution in [0.4, 0.5) is 0 Å². The minimum atomic E-state index is -3.83. The van der Waals surface area contributed by atoms with Crippen molar-refractivity contribution in [1.82, 2.24) is 0 Å². The molecule has 0 radical (unpaired) electrons. The van der Waals surface area contributed by atoms with E-state index >= 15 is 0 Å². The van der Waals surface area contributed by atoms with Gasteiger partial charge >= 0.3 is 37.4 Å². The van der Waals surface area contributed by atoms with Gasteiger partial charge in [0.1, 0.15) is 0 Å². The summed E-state index contributed by atoms with van der Waals surface area (Å²) in [6, 6.07) is 0. The third-order valence-corrected chi connectivity index (χ3v) is 5.52. The molecule has 0 rings (SSSR count). The molecule has 0 heterocycles. The molecule has 0 saturated carbocycles. The minimum absolute atomic E-state index is 0. The summed E-state index contributed by atoms with van der Waals surface area (Å²) in [5.41, 5.74) is 0. The van der Waals surface area contributed by atoms with E-state index in [4.69, 9.17) is 9.05 Å². The topological polar surface area (TPSA) is 55.8 Å². The summed E-state index contributed by atoms with van der Waals surface area (Å²) in [6.07, 6.45) is 19.1. The molecule has 0 amide bonds. The van der Waals surface area contributed by atoms with Gasteiger partial charge in [0.25, 0.3) is 0 Å². The zero-order chi connectivity index (χ0) is 18.6. The maximum atomic E-state index is 11.7. The standard InChI is InChI=1S/C20H43O4P.Na.H/c1-3-5-7-9-11-13-15-17-19-23-25(21,22)24-20-18-16-14-12-10-8-6-4-2;;/h3-20H2,1-2H3,(H,21,22);;. The quantitative estimate of drug-likeness (QED) is 0.139. The van der Waals surface area contributed by atoms with Crippen LogP contribution in [0.3, 0.4) is 0 Å². The van der Waals surface area contributed by atoms with Crippen LogP contribution >= 0.6 is 7.82 Å². The molecule has 0 spiro atoms. The Morgan fingerprint density at radius 1 is 0.577 bits per heavy atom. The van der Waals surface area contributed by atoms with Crippen molar-refractivity contribution in [3.63, 3.8) is 0 Å². The van der Waals surface area contributed by atoms with Crippen molar-refractivity contribution in [2.45, 2.75) is 117 Å². The SMILES string of the molecule is CCCCCCCCCCOP(=O)(O)OCCCCCCCCCC.[NaH]. The van der Waals surface area contributed by atoms with Crippen LogP contribution in [0.5, 0.6) is 0 Å². The molecule has 0 aliphatic carbocycles. The van der Waals surface area contributed by atoms with Crippen molar-refractivity contribution < 1.29 is 18.5 Å². The number of rotatable bonds is 20. The van der Waals surface area contributed by atoms with E-state index in [9.17, 15) is 9.46 Å². The van der Waals surface area contributed by atoms with Crippen LogP contribution in [0.15, 0.2) is 0 Å². The van der Waals surface area contributed by atoms with Gasteiger partial charge < -0.3 is 4.89 Å². The van der Waals surface area contributed by atoms with Crippen LogP contribution in [-0.4, -0.2) is 47.7 Å². The van der Waals surface area contributed by atoms with Crippen LogP contribution in [0.25, 0.3) is 0 Å². The Morgan fingerprint density at radius 2 is 0.846 bits per heavy atom. The van der Waals surface area contributed by atoms with Crippen LogP contribution in [0, 0.1) is 0 Å². The van der Waals surface area contributed by atoms with Gasteiger partial charge in [-0.25, -0.2) is 4.57 Å². The van der Waals surface area contributed by atoms with Crippen molar-refractivity contribution in [2.24, 2.45) is 0 Å². The second-order valence-electron chi connectivity index (χ2n) is 7.08. The Labute approximate surface area is 185 Å². The Balaban J connectivity index is 0. The second-order valence-corrected chi connectivity index (χ2v) is 8.54. The molecule has 0 aromatic heterocycles. The van der Waals surface area contributed by atoms with Gasteiger partial charge in [-0.2, -0.15) is 0 Å². The van der Waals surface area contributed by atoms with Crippen LogP contribution < -0.4 is 0 Å². The molecule has 0 unspecified atom stereocenters. The van der Waals surface area contributed by atoms with Gasteiger partial charge in [0.15, 0.2) is 0 Å². The predicted octanol–water partition coefficient (Wildman–Crippen LogP) is 6.75. The molecule has 0 aromatic carbocycles. The molecule has 0 saturated heterocycles. The molecule has 0 bridgehead atoms. The third-order valence-electron chi connectivity index (χ3n) is 4.50. The van der Waals surface area contributed by atoms with Crippen LogP contribution in [0.1, 0.15) is 117 Å². The fraction of sp³-hybridized carbons (Fsp3) is 1.00. The Bertz CT molecular complexity index is 290. The first-order valence-corrected chi connectivity index (χ1v) is 12.2. The predicted molar refractivity (Wildman–Crippen MR) is 114 cm³/mol. The molecule has 0 atom stereocenters. The van der Waals surface area contributed by atoms with Gasteiger partial charge in [-0.3, -0.25) is 9.05 Å². The van der Waals surface area contributed by atoms with Crippen LogP contribution in [-0.2, 0) is 13.6 Å². The van der Waals surface area contributed by atoms with E-state index < -0.39 is 7.82 Å². The second kappa shape index (κ2) is 22.4. The van der Waals surface area contributed by atoms with E-state index in [1.807, 2.05) is 0 Å². The summed E-state index contributed by atoms with van der Waals surface area (Å²) in [5.74, 6) is 0. The fourth-order valence-electron chi connectivity index (χ4n) is 2.87. The molecule has 0 aliphatic heterocycles. The molecular formula is C20H44NaO4P. The normalized spacial score (nSPS) is 11.5.